The number of hydrogen-bond donors (Lipinski definition) is 4. The molecule has 124 valence electrons. The molecule has 0 aliphatic heterocycles. The molecule has 3 aromatic rings. The fraction of sp³-hybridized carbons (Fsp3) is 0.222. The first-order valence-corrected chi connectivity index (χ1v) is 7.72. The van der Waals surface area contributed by atoms with Gasteiger partial charge in [0.2, 0.25) is 0 Å². The minimum Gasteiger partial charge on any atom is -0.308 e. The summed E-state index contributed by atoms with van der Waals surface area (Å²) in [4.78, 5) is 28.7. The highest BCUT2D eigenvalue weighted by molar-refractivity contribution is 6.00. The van der Waals surface area contributed by atoms with Gasteiger partial charge in [-0.15, -0.1) is 0 Å². The highest BCUT2D eigenvalue weighted by atomic mass is 16.2. The molecule has 2 amide bonds. The minimum atomic E-state index is -0.337. The smallest absolute Gasteiger partial charge is 0.308 e. The molecule has 0 aliphatic rings. The predicted octanol–water partition coefficient (Wildman–Crippen LogP) is 3.80. The van der Waals surface area contributed by atoms with Gasteiger partial charge >= 0.3 is 11.7 Å². The van der Waals surface area contributed by atoms with E-state index in [9.17, 15) is 9.59 Å². The van der Waals surface area contributed by atoms with Crippen molar-refractivity contribution in [2.45, 2.75) is 26.2 Å². The minimum absolute atomic E-state index is 0.0731. The van der Waals surface area contributed by atoms with Gasteiger partial charge in [-0.1, -0.05) is 32.9 Å². The highest BCUT2D eigenvalue weighted by Crippen LogP contribution is 2.23. The Bertz CT molecular complexity index is 930. The first-order chi connectivity index (χ1) is 11.3. The summed E-state index contributed by atoms with van der Waals surface area (Å²) in [7, 11) is 0. The SMILES string of the molecule is CC(C)(C)c1ccc(NC(=O)Nc2ccc3[nH]c(=O)[nH]c3c2)cc1. The van der Waals surface area contributed by atoms with E-state index in [0.717, 1.165) is 5.69 Å². The standard InChI is InChI=1S/C18H20N4O2/c1-18(2,3)11-4-6-12(7-5-11)19-16(23)20-13-8-9-14-15(10-13)22-17(24)21-14/h4-10H,1-3H3,(H2,19,20,23)(H2,21,22,24). The maximum atomic E-state index is 12.1. The molecule has 6 heteroatoms. The highest BCUT2D eigenvalue weighted by Gasteiger charge is 2.13. The van der Waals surface area contributed by atoms with Crippen LogP contribution in [0.4, 0.5) is 16.2 Å². The Balaban J connectivity index is 1.69. The van der Waals surface area contributed by atoms with Crippen LogP contribution in [0.3, 0.4) is 0 Å². The van der Waals surface area contributed by atoms with E-state index < -0.39 is 0 Å². The van der Waals surface area contributed by atoms with E-state index in [1.807, 2.05) is 24.3 Å². The van der Waals surface area contributed by atoms with E-state index in [1.165, 1.54) is 5.56 Å². The average Bonchev–Trinajstić information content (AvgIpc) is 2.86. The first kappa shape index (κ1) is 15.9. The van der Waals surface area contributed by atoms with Crippen molar-refractivity contribution in [3.8, 4) is 0 Å². The van der Waals surface area contributed by atoms with Gasteiger partial charge in [-0.3, -0.25) is 0 Å². The van der Waals surface area contributed by atoms with Crippen LogP contribution in [-0.4, -0.2) is 16.0 Å². The molecular weight excluding hydrogens is 304 g/mol. The van der Waals surface area contributed by atoms with Crippen molar-refractivity contribution >= 4 is 28.4 Å². The van der Waals surface area contributed by atoms with Crippen LogP contribution in [0.15, 0.2) is 47.3 Å². The maximum Gasteiger partial charge on any atom is 0.323 e. The molecule has 0 unspecified atom stereocenters. The molecule has 6 nitrogen and oxygen atoms in total. The third-order valence-electron chi connectivity index (χ3n) is 3.78. The summed E-state index contributed by atoms with van der Waals surface area (Å²) in [6.45, 7) is 6.43. The van der Waals surface area contributed by atoms with Crippen LogP contribution >= 0.6 is 0 Å². The summed E-state index contributed by atoms with van der Waals surface area (Å²) >= 11 is 0. The molecule has 2 aromatic carbocycles. The number of nitrogens with one attached hydrogen (secondary N) is 4. The molecule has 0 fully saturated rings. The van der Waals surface area contributed by atoms with Gasteiger partial charge in [-0.25, -0.2) is 9.59 Å². The third kappa shape index (κ3) is 3.48. The summed E-state index contributed by atoms with van der Waals surface area (Å²) in [6, 6.07) is 12.6. The van der Waals surface area contributed by atoms with Crippen molar-refractivity contribution in [1.82, 2.24) is 9.97 Å². The Morgan fingerprint density at radius 3 is 2.12 bits per heavy atom. The van der Waals surface area contributed by atoms with Crippen molar-refractivity contribution < 1.29 is 4.79 Å². The molecule has 4 N–H and O–H groups in total. The molecule has 3 rings (SSSR count). The van der Waals surface area contributed by atoms with Crippen molar-refractivity contribution in [2.24, 2.45) is 0 Å². The number of amides is 2. The van der Waals surface area contributed by atoms with Crippen molar-refractivity contribution in [3.05, 3.63) is 58.5 Å². The van der Waals surface area contributed by atoms with E-state index in [4.69, 9.17) is 0 Å². The van der Waals surface area contributed by atoms with Crippen molar-refractivity contribution in [1.29, 1.82) is 0 Å². The number of fused-ring (bicyclic) bond motifs is 1. The number of imidazole rings is 1. The number of carbonyl (C=O) groups is 1. The van der Waals surface area contributed by atoms with Gasteiger partial charge in [-0.2, -0.15) is 0 Å². The lowest BCUT2D eigenvalue weighted by Gasteiger charge is -2.19. The zero-order chi connectivity index (χ0) is 17.3. The molecule has 0 aliphatic carbocycles. The molecule has 1 heterocycles. The monoisotopic (exact) mass is 324 g/mol. The van der Waals surface area contributed by atoms with E-state index in [2.05, 4.69) is 41.4 Å². The third-order valence-corrected chi connectivity index (χ3v) is 3.78. The van der Waals surface area contributed by atoms with Crippen LogP contribution in [0.2, 0.25) is 0 Å². The first-order valence-electron chi connectivity index (χ1n) is 7.72. The normalized spacial score (nSPS) is 11.5. The number of rotatable bonds is 2. The summed E-state index contributed by atoms with van der Waals surface area (Å²) in [6.07, 6.45) is 0. The van der Waals surface area contributed by atoms with Gasteiger partial charge in [0.05, 0.1) is 11.0 Å². The maximum absolute atomic E-state index is 12.1. The fourth-order valence-electron chi connectivity index (χ4n) is 2.46. The Kier molecular flexibility index (Phi) is 3.89. The average molecular weight is 324 g/mol. The lowest BCUT2D eigenvalue weighted by atomic mass is 9.87. The van der Waals surface area contributed by atoms with Gasteiger partial charge in [0, 0.05) is 11.4 Å². The van der Waals surface area contributed by atoms with Crippen LogP contribution in [0.25, 0.3) is 11.0 Å². The molecule has 0 saturated heterocycles. The van der Waals surface area contributed by atoms with Crippen molar-refractivity contribution in [2.75, 3.05) is 10.6 Å². The van der Waals surface area contributed by atoms with E-state index in [1.54, 1.807) is 18.2 Å². The molecule has 0 saturated carbocycles. The molecule has 1 aromatic heterocycles. The molecule has 0 radical (unpaired) electrons. The van der Waals surface area contributed by atoms with Gasteiger partial charge in [0.25, 0.3) is 0 Å². The van der Waals surface area contributed by atoms with Crippen LogP contribution < -0.4 is 16.3 Å². The summed E-state index contributed by atoms with van der Waals surface area (Å²) < 4.78 is 0. The van der Waals surface area contributed by atoms with E-state index in [-0.39, 0.29) is 17.1 Å². The Morgan fingerprint density at radius 2 is 1.46 bits per heavy atom. The predicted molar refractivity (Wildman–Crippen MR) is 96.7 cm³/mol. The quantitative estimate of drug-likeness (QED) is 0.577. The van der Waals surface area contributed by atoms with Gasteiger partial charge in [0.1, 0.15) is 0 Å². The van der Waals surface area contributed by atoms with Gasteiger partial charge in [-0.05, 0) is 41.3 Å². The molecule has 24 heavy (non-hydrogen) atoms. The number of carbonyl (C=O) groups excluding carboxylic acids is 1. The van der Waals surface area contributed by atoms with Crippen LogP contribution in [0, 0.1) is 0 Å². The Morgan fingerprint density at radius 1 is 0.875 bits per heavy atom. The number of H-pyrrole nitrogens is 2. The number of aromatic nitrogens is 2. The second-order valence-corrected chi connectivity index (χ2v) is 6.75. The molecule has 0 bridgehead atoms. The zero-order valence-corrected chi connectivity index (χ0v) is 13.9. The van der Waals surface area contributed by atoms with E-state index >= 15 is 0 Å². The lowest BCUT2D eigenvalue weighted by molar-refractivity contribution is 0.262. The second-order valence-electron chi connectivity index (χ2n) is 6.75. The lowest BCUT2D eigenvalue weighted by Crippen LogP contribution is -2.19. The Labute approximate surface area is 139 Å². The molecule has 0 spiro atoms. The fourth-order valence-corrected chi connectivity index (χ4v) is 2.46. The summed E-state index contributed by atoms with van der Waals surface area (Å²) in [5.74, 6) is 0. The van der Waals surface area contributed by atoms with Crippen LogP contribution in [-0.2, 0) is 5.41 Å². The summed E-state index contributed by atoms with van der Waals surface area (Å²) in [5, 5.41) is 5.54. The topological polar surface area (TPSA) is 89.8 Å². The largest absolute Gasteiger partial charge is 0.323 e. The molecular formula is C18H20N4O2. The number of benzene rings is 2. The number of hydrogen-bond acceptors (Lipinski definition) is 2. The number of aromatic amines is 2. The van der Waals surface area contributed by atoms with Crippen LogP contribution in [0.5, 0.6) is 0 Å². The van der Waals surface area contributed by atoms with Crippen molar-refractivity contribution in [3.63, 3.8) is 0 Å². The second kappa shape index (κ2) is 5.88. The van der Waals surface area contributed by atoms with Crippen LogP contribution in [0.1, 0.15) is 26.3 Å². The van der Waals surface area contributed by atoms with Gasteiger partial charge in [0.15, 0.2) is 0 Å². The molecule has 0 atom stereocenters. The van der Waals surface area contributed by atoms with E-state index in [0.29, 0.717) is 16.7 Å². The Hall–Kier alpha value is -3.02. The van der Waals surface area contributed by atoms with Gasteiger partial charge < -0.3 is 20.6 Å². The number of anilines is 2. The zero-order valence-electron chi connectivity index (χ0n) is 13.9. The summed E-state index contributed by atoms with van der Waals surface area (Å²) in [5.41, 5.74) is 3.67. The number of urea groups is 1.